The molecule has 1 aliphatic rings. The molecule has 176 valence electrons. The number of carbonyl (C=O) groups excluding carboxylic acids is 1. The molecule has 0 atom stereocenters. The van der Waals surface area contributed by atoms with Crippen LogP contribution in [0.15, 0.2) is 67.0 Å². The van der Waals surface area contributed by atoms with Crippen LogP contribution in [0, 0.1) is 0 Å². The molecule has 1 saturated heterocycles. The topological polar surface area (TPSA) is 109 Å². The molecule has 4 rings (SSSR count). The van der Waals surface area contributed by atoms with Crippen LogP contribution in [0.4, 0.5) is 17.1 Å². The van der Waals surface area contributed by atoms with E-state index in [1.807, 2.05) is 30.3 Å². The van der Waals surface area contributed by atoms with Crippen molar-refractivity contribution in [2.75, 3.05) is 48.5 Å². The number of rotatable bonds is 8. The van der Waals surface area contributed by atoms with Gasteiger partial charge in [-0.05, 0) is 30.3 Å². The van der Waals surface area contributed by atoms with Crippen molar-refractivity contribution < 1.29 is 9.53 Å². The third kappa shape index (κ3) is 5.42. The lowest BCUT2D eigenvalue weighted by Gasteiger charge is -2.30. The van der Waals surface area contributed by atoms with Crippen molar-refractivity contribution in [1.29, 1.82) is 0 Å². The van der Waals surface area contributed by atoms with Crippen LogP contribution in [0.25, 0.3) is 5.57 Å². The van der Waals surface area contributed by atoms with Crippen molar-refractivity contribution >= 4 is 39.9 Å². The molecule has 9 nitrogen and oxygen atoms in total. The predicted octanol–water partition coefficient (Wildman–Crippen LogP) is 3.12. The lowest BCUT2D eigenvalue weighted by Crippen LogP contribution is -2.43. The largest absolute Gasteiger partial charge is 0.497 e. The van der Waals surface area contributed by atoms with Crippen LogP contribution in [-0.4, -0.2) is 49.2 Å². The Morgan fingerprint density at radius 1 is 1.29 bits per heavy atom. The number of piperazine rings is 1. The average molecular weight is 478 g/mol. The lowest BCUT2D eigenvalue weighted by atomic mass is 10.2. The number of hydrogen-bond donors (Lipinski definition) is 3. The van der Waals surface area contributed by atoms with Crippen LogP contribution in [0.3, 0.4) is 0 Å². The van der Waals surface area contributed by atoms with Crippen LogP contribution in [0.2, 0.25) is 0 Å². The van der Waals surface area contributed by atoms with Crippen molar-refractivity contribution in [2.45, 2.75) is 0 Å². The lowest BCUT2D eigenvalue weighted by molar-refractivity contribution is 0.102. The number of ether oxygens (including phenoxy) is 1. The molecule has 10 heteroatoms. The minimum atomic E-state index is -0.296. The standard InChI is InChI=1S/C24H27N7O2S/c1-3-17(15-31(25)18-4-6-19(33-2)7-5-18)24-29-21(16-34-24)23(32)28-20-14-27-9-8-22(20)30-12-10-26-11-13-30/h3-9,14-16,26H,1,10-13,25H2,2H3,(H,28,32)/b17-15+. The molecule has 4 N–H and O–H groups in total. The fourth-order valence-electron chi connectivity index (χ4n) is 3.54. The number of carbonyl (C=O) groups is 1. The summed E-state index contributed by atoms with van der Waals surface area (Å²) in [5.74, 6) is 6.66. The number of pyridine rings is 1. The first-order valence-electron chi connectivity index (χ1n) is 10.8. The summed E-state index contributed by atoms with van der Waals surface area (Å²) in [5, 5.41) is 10.1. The summed E-state index contributed by atoms with van der Waals surface area (Å²) >= 11 is 1.35. The highest BCUT2D eigenvalue weighted by molar-refractivity contribution is 7.11. The number of hydrogen-bond acceptors (Lipinski definition) is 9. The minimum absolute atomic E-state index is 0.296. The van der Waals surface area contributed by atoms with Gasteiger partial charge < -0.3 is 20.3 Å². The molecule has 1 amide bonds. The Morgan fingerprint density at radius 3 is 2.76 bits per heavy atom. The highest BCUT2D eigenvalue weighted by atomic mass is 32.1. The van der Waals surface area contributed by atoms with Crippen molar-refractivity contribution in [3.05, 3.63) is 77.7 Å². The van der Waals surface area contributed by atoms with Gasteiger partial charge in [-0.15, -0.1) is 11.3 Å². The maximum atomic E-state index is 13.0. The van der Waals surface area contributed by atoms with E-state index in [0.29, 0.717) is 22.0 Å². The second kappa shape index (κ2) is 10.9. The van der Waals surface area contributed by atoms with Gasteiger partial charge in [-0.25, -0.2) is 10.8 Å². The number of nitrogens with zero attached hydrogens (tertiary/aromatic N) is 4. The van der Waals surface area contributed by atoms with Gasteiger partial charge in [0, 0.05) is 49.5 Å². The number of amides is 1. The van der Waals surface area contributed by atoms with Gasteiger partial charge in [0.15, 0.2) is 0 Å². The number of benzene rings is 1. The second-order valence-electron chi connectivity index (χ2n) is 7.52. The number of nitrogens with two attached hydrogens (primary N) is 1. The van der Waals surface area contributed by atoms with Crippen LogP contribution < -0.4 is 31.1 Å². The van der Waals surface area contributed by atoms with E-state index < -0.39 is 0 Å². The molecule has 3 aromatic rings. The molecule has 0 bridgehead atoms. The molecule has 1 aromatic carbocycles. The maximum absolute atomic E-state index is 13.0. The number of aromatic nitrogens is 2. The molecular weight excluding hydrogens is 450 g/mol. The fraction of sp³-hybridized carbons (Fsp3) is 0.208. The molecule has 0 unspecified atom stereocenters. The Labute approximate surface area is 202 Å². The van der Waals surface area contributed by atoms with Gasteiger partial charge in [-0.3, -0.25) is 14.8 Å². The Kier molecular flexibility index (Phi) is 7.53. The summed E-state index contributed by atoms with van der Waals surface area (Å²) in [6, 6.07) is 9.27. The van der Waals surface area contributed by atoms with Crippen molar-refractivity contribution in [1.82, 2.24) is 15.3 Å². The Hall–Kier alpha value is -3.73. The summed E-state index contributed by atoms with van der Waals surface area (Å²) in [5.41, 5.74) is 3.40. The summed E-state index contributed by atoms with van der Waals surface area (Å²) < 4.78 is 5.18. The van der Waals surface area contributed by atoms with Crippen LogP contribution in [0.1, 0.15) is 15.5 Å². The van der Waals surface area contributed by atoms with E-state index in [-0.39, 0.29) is 5.91 Å². The number of hydrazine groups is 1. The van der Waals surface area contributed by atoms with E-state index in [4.69, 9.17) is 10.6 Å². The normalized spacial score (nSPS) is 13.9. The molecule has 2 aromatic heterocycles. The number of thiazole rings is 1. The molecule has 34 heavy (non-hydrogen) atoms. The van der Waals surface area contributed by atoms with Crippen molar-refractivity contribution in [2.24, 2.45) is 5.84 Å². The number of methoxy groups -OCH3 is 1. The minimum Gasteiger partial charge on any atom is -0.497 e. The summed E-state index contributed by atoms with van der Waals surface area (Å²) in [6.45, 7) is 7.40. The number of allylic oxidation sites excluding steroid dienone is 2. The molecule has 0 radical (unpaired) electrons. The van der Waals surface area contributed by atoms with Crippen LogP contribution >= 0.6 is 11.3 Å². The van der Waals surface area contributed by atoms with E-state index >= 15 is 0 Å². The molecule has 0 spiro atoms. The van der Waals surface area contributed by atoms with Gasteiger partial charge in [0.25, 0.3) is 5.91 Å². The summed E-state index contributed by atoms with van der Waals surface area (Å²) in [4.78, 5) is 23.9. The summed E-state index contributed by atoms with van der Waals surface area (Å²) in [6.07, 6.45) is 6.78. The first kappa shape index (κ1) is 23.4. The van der Waals surface area contributed by atoms with Gasteiger partial charge in [0.05, 0.1) is 30.4 Å². The van der Waals surface area contributed by atoms with E-state index in [9.17, 15) is 4.79 Å². The second-order valence-corrected chi connectivity index (χ2v) is 8.37. The quantitative estimate of drug-likeness (QED) is 0.258. The van der Waals surface area contributed by atoms with Crippen LogP contribution in [-0.2, 0) is 0 Å². The predicted molar refractivity (Wildman–Crippen MR) is 137 cm³/mol. The molecular formula is C24H27N7O2S. The van der Waals surface area contributed by atoms with Gasteiger partial charge >= 0.3 is 0 Å². The molecule has 0 aliphatic carbocycles. The van der Waals surface area contributed by atoms with Gasteiger partial charge in [0.1, 0.15) is 16.5 Å². The third-order valence-electron chi connectivity index (χ3n) is 5.36. The van der Waals surface area contributed by atoms with Gasteiger partial charge in [-0.2, -0.15) is 0 Å². The molecule has 1 aliphatic heterocycles. The molecule has 1 fully saturated rings. The van der Waals surface area contributed by atoms with E-state index in [1.165, 1.54) is 16.3 Å². The SMILES string of the molecule is C=C/C(=C\N(N)c1ccc(OC)cc1)c1nc(C(=O)Nc2cnccc2N2CCNCC2)cs1. The number of anilines is 3. The average Bonchev–Trinajstić information content (AvgIpc) is 3.38. The van der Waals surface area contributed by atoms with Crippen molar-refractivity contribution in [3.63, 3.8) is 0 Å². The van der Waals surface area contributed by atoms with Gasteiger partial charge in [0.2, 0.25) is 0 Å². The first-order chi connectivity index (χ1) is 16.6. The Balaban J connectivity index is 1.49. The van der Waals surface area contributed by atoms with E-state index in [1.54, 1.807) is 37.2 Å². The smallest absolute Gasteiger partial charge is 0.275 e. The number of nitrogens with one attached hydrogen (secondary N) is 2. The maximum Gasteiger partial charge on any atom is 0.275 e. The molecule has 3 heterocycles. The van der Waals surface area contributed by atoms with Gasteiger partial charge in [-0.1, -0.05) is 12.7 Å². The van der Waals surface area contributed by atoms with E-state index in [2.05, 4.69) is 32.1 Å². The zero-order valence-corrected chi connectivity index (χ0v) is 19.7. The van der Waals surface area contributed by atoms with Crippen LogP contribution in [0.5, 0.6) is 5.75 Å². The highest BCUT2D eigenvalue weighted by Gasteiger charge is 2.18. The first-order valence-corrected chi connectivity index (χ1v) is 11.7. The summed E-state index contributed by atoms with van der Waals surface area (Å²) in [7, 11) is 1.61. The fourth-order valence-corrected chi connectivity index (χ4v) is 4.34. The zero-order valence-electron chi connectivity index (χ0n) is 18.9. The third-order valence-corrected chi connectivity index (χ3v) is 6.25. The monoisotopic (exact) mass is 477 g/mol. The Bertz CT molecular complexity index is 1170. The Morgan fingerprint density at radius 2 is 2.06 bits per heavy atom. The highest BCUT2D eigenvalue weighted by Crippen LogP contribution is 2.27. The zero-order chi connectivity index (χ0) is 23.9. The van der Waals surface area contributed by atoms with E-state index in [0.717, 1.165) is 43.3 Å². The molecule has 0 saturated carbocycles. The van der Waals surface area contributed by atoms with Crippen molar-refractivity contribution in [3.8, 4) is 5.75 Å².